The molecule has 0 amide bonds. The molecule has 2 nitrogen and oxygen atoms in total. The maximum atomic E-state index is 5.93. The summed E-state index contributed by atoms with van der Waals surface area (Å²) in [5.74, 6) is 0.777. The summed E-state index contributed by atoms with van der Waals surface area (Å²) in [4.78, 5) is 2.42. The van der Waals surface area contributed by atoms with E-state index in [2.05, 4.69) is 43.2 Å². The van der Waals surface area contributed by atoms with Crippen LogP contribution >= 0.6 is 11.6 Å². The molecule has 0 heterocycles. The van der Waals surface area contributed by atoms with Gasteiger partial charge in [-0.2, -0.15) is 0 Å². The van der Waals surface area contributed by atoms with E-state index in [9.17, 15) is 0 Å². The van der Waals surface area contributed by atoms with Crippen molar-refractivity contribution >= 4 is 11.6 Å². The third-order valence-electron chi connectivity index (χ3n) is 3.51. The van der Waals surface area contributed by atoms with Crippen molar-refractivity contribution in [3.05, 3.63) is 34.9 Å². The molecule has 1 unspecified atom stereocenters. The van der Waals surface area contributed by atoms with Gasteiger partial charge in [0.15, 0.2) is 0 Å². The number of halogens is 1. The largest absolute Gasteiger partial charge is 0.313 e. The van der Waals surface area contributed by atoms with Crippen LogP contribution in [0, 0.1) is 5.92 Å². The quantitative estimate of drug-likeness (QED) is 0.776. The molecule has 0 fully saturated rings. The van der Waals surface area contributed by atoms with Crippen LogP contribution in [0.1, 0.15) is 38.3 Å². The Morgan fingerprint density at radius 1 is 1.11 bits per heavy atom. The van der Waals surface area contributed by atoms with Crippen LogP contribution in [0.15, 0.2) is 24.3 Å². The molecule has 0 radical (unpaired) electrons. The molecular formula is C16H27ClN2. The first-order valence-electron chi connectivity index (χ1n) is 7.14. The lowest BCUT2D eigenvalue weighted by molar-refractivity contribution is 0.292. The number of hydrogen-bond donors (Lipinski definition) is 1. The van der Waals surface area contributed by atoms with Crippen molar-refractivity contribution in [2.75, 3.05) is 27.2 Å². The van der Waals surface area contributed by atoms with Gasteiger partial charge in [0.05, 0.1) is 0 Å². The van der Waals surface area contributed by atoms with Gasteiger partial charge in [-0.3, -0.25) is 0 Å². The molecule has 1 aromatic carbocycles. The summed E-state index contributed by atoms with van der Waals surface area (Å²) in [6, 6.07) is 8.54. The van der Waals surface area contributed by atoms with E-state index >= 15 is 0 Å². The Morgan fingerprint density at radius 3 is 2.21 bits per heavy atom. The van der Waals surface area contributed by atoms with Crippen molar-refractivity contribution in [2.45, 2.75) is 32.7 Å². The summed E-state index contributed by atoms with van der Waals surface area (Å²) in [6.45, 7) is 6.84. The minimum atomic E-state index is 0.402. The van der Waals surface area contributed by atoms with Crippen molar-refractivity contribution in [3.8, 4) is 0 Å². The molecule has 19 heavy (non-hydrogen) atoms. The van der Waals surface area contributed by atoms with Crippen LogP contribution in [0.25, 0.3) is 0 Å². The molecule has 0 bridgehead atoms. The molecule has 1 aromatic rings. The van der Waals surface area contributed by atoms with Crippen LogP contribution in [0.2, 0.25) is 5.02 Å². The van der Waals surface area contributed by atoms with Crippen LogP contribution in [0.4, 0.5) is 0 Å². The van der Waals surface area contributed by atoms with E-state index < -0.39 is 0 Å². The zero-order valence-corrected chi connectivity index (χ0v) is 13.4. The molecule has 1 N–H and O–H groups in total. The van der Waals surface area contributed by atoms with Crippen LogP contribution in [0.5, 0.6) is 0 Å². The first-order valence-corrected chi connectivity index (χ1v) is 7.52. The van der Waals surface area contributed by atoms with E-state index in [1.54, 1.807) is 0 Å². The highest BCUT2D eigenvalue weighted by Crippen LogP contribution is 2.19. The Labute approximate surface area is 123 Å². The van der Waals surface area contributed by atoms with E-state index in [0.29, 0.717) is 6.04 Å². The monoisotopic (exact) mass is 282 g/mol. The maximum Gasteiger partial charge on any atom is 0.0406 e. The fourth-order valence-electron chi connectivity index (χ4n) is 2.11. The molecule has 1 atom stereocenters. The number of benzene rings is 1. The van der Waals surface area contributed by atoms with E-state index in [4.69, 9.17) is 11.6 Å². The Morgan fingerprint density at radius 2 is 1.68 bits per heavy atom. The van der Waals surface area contributed by atoms with Gasteiger partial charge in [0, 0.05) is 11.1 Å². The van der Waals surface area contributed by atoms with Crippen molar-refractivity contribution in [1.29, 1.82) is 0 Å². The highest BCUT2D eigenvalue weighted by molar-refractivity contribution is 6.30. The fourth-order valence-corrected chi connectivity index (χ4v) is 2.24. The third kappa shape index (κ3) is 6.42. The summed E-state index contributed by atoms with van der Waals surface area (Å²) in [6.07, 6.45) is 2.38. The predicted octanol–water partition coefficient (Wildman–Crippen LogP) is 3.97. The van der Waals surface area contributed by atoms with Gasteiger partial charge in [-0.25, -0.2) is 0 Å². The average molecular weight is 283 g/mol. The molecule has 0 saturated carbocycles. The highest BCUT2D eigenvalue weighted by atomic mass is 35.5. The molecule has 0 saturated heterocycles. The Kier molecular flexibility index (Phi) is 7.44. The molecular weight excluding hydrogens is 256 g/mol. The summed E-state index contributed by atoms with van der Waals surface area (Å²) in [5, 5.41) is 4.19. The average Bonchev–Trinajstić information content (AvgIpc) is 2.39. The van der Waals surface area contributed by atoms with Gasteiger partial charge >= 0.3 is 0 Å². The molecule has 108 valence electrons. The van der Waals surface area contributed by atoms with Crippen LogP contribution < -0.4 is 5.32 Å². The van der Waals surface area contributed by atoms with Crippen molar-refractivity contribution in [3.63, 3.8) is 0 Å². The van der Waals surface area contributed by atoms with Gasteiger partial charge in [-0.1, -0.05) is 37.6 Å². The second-order valence-electron chi connectivity index (χ2n) is 5.67. The van der Waals surface area contributed by atoms with E-state index in [1.165, 1.54) is 18.5 Å². The van der Waals surface area contributed by atoms with Gasteiger partial charge < -0.3 is 10.2 Å². The lowest BCUT2D eigenvalue weighted by Gasteiger charge is -2.22. The molecule has 0 aliphatic heterocycles. The first-order chi connectivity index (χ1) is 9.02. The molecule has 0 aliphatic rings. The van der Waals surface area contributed by atoms with Crippen LogP contribution in [0.3, 0.4) is 0 Å². The molecule has 1 rings (SSSR count). The zero-order valence-electron chi connectivity index (χ0n) is 12.6. The number of hydrogen-bond acceptors (Lipinski definition) is 2. The predicted molar refractivity (Wildman–Crippen MR) is 84.8 cm³/mol. The number of nitrogens with zero attached hydrogens (tertiary/aromatic N) is 1. The van der Waals surface area contributed by atoms with Gasteiger partial charge in [0.25, 0.3) is 0 Å². The Bertz CT molecular complexity index is 348. The SMILES string of the molecule is CNC(CCN(C)CCC(C)C)c1ccc(Cl)cc1. The highest BCUT2D eigenvalue weighted by Gasteiger charge is 2.10. The maximum absolute atomic E-state index is 5.93. The van der Waals surface area contributed by atoms with Gasteiger partial charge in [0.1, 0.15) is 0 Å². The Balaban J connectivity index is 2.42. The number of rotatable bonds is 8. The standard InChI is InChI=1S/C16H27ClN2/c1-13(2)9-11-19(4)12-10-16(18-3)14-5-7-15(17)8-6-14/h5-8,13,16,18H,9-12H2,1-4H3. The first kappa shape index (κ1) is 16.5. The van der Waals surface area contributed by atoms with Crippen molar-refractivity contribution in [2.24, 2.45) is 5.92 Å². The topological polar surface area (TPSA) is 15.3 Å². The molecule has 0 aromatic heterocycles. The smallest absolute Gasteiger partial charge is 0.0406 e. The van der Waals surface area contributed by atoms with Gasteiger partial charge in [-0.15, -0.1) is 0 Å². The summed E-state index contributed by atoms with van der Waals surface area (Å²) in [7, 11) is 4.23. The summed E-state index contributed by atoms with van der Waals surface area (Å²) < 4.78 is 0. The van der Waals surface area contributed by atoms with Crippen molar-refractivity contribution in [1.82, 2.24) is 10.2 Å². The van der Waals surface area contributed by atoms with Gasteiger partial charge in [-0.05, 0) is 63.6 Å². The molecule has 0 spiro atoms. The summed E-state index contributed by atoms with van der Waals surface area (Å²) >= 11 is 5.93. The lowest BCUT2D eigenvalue weighted by atomic mass is 10.0. The Hall–Kier alpha value is -0.570. The third-order valence-corrected chi connectivity index (χ3v) is 3.76. The normalized spacial score (nSPS) is 13.2. The lowest BCUT2D eigenvalue weighted by Crippen LogP contribution is -2.26. The number of nitrogens with one attached hydrogen (secondary N) is 1. The second-order valence-corrected chi connectivity index (χ2v) is 6.10. The fraction of sp³-hybridized carbons (Fsp3) is 0.625. The van der Waals surface area contributed by atoms with Crippen molar-refractivity contribution < 1.29 is 0 Å². The van der Waals surface area contributed by atoms with Crippen LogP contribution in [-0.4, -0.2) is 32.1 Å². The second kappa shape index (κ2) is 8.57. The minimum Gasteiger partial charge on any atom is -0.313 e. The minimum absolute atomic E-state index is 0.402. The van der Waals surface area contributed by atoms with E-state index in [1.807, 2.05) is 19.2 Å². The molecule has 0 aliphatic carbocycles. The summed E-state index contributed by atoms with van der Waals surface area (Å²) in [5.41, 5.74) is 1.31. The molecule has 3 heteroatoms. The van der Waals surface area contributed by atoms with E-state index in [0.717, 1.165) is 23.9 Å². The van der Waals surface area contributed by atoms with Gasteiger partial charge in [0.2, 0.25) is 0 Å². The van der Waals surface area contributed by atoms with E-state index in [-0.39, 0.29) is 0 Å². The zero-order chi connectivity index (χ0) is 14.3. The van der Waals surface area contributed by atoms with Crippen LogP contribution in [-0.2, 0) is 0 Å².